The average Bonchev–Trinajstić information content (AvgIpc) is 2.38. The van der Waals surface area contributed by atoms with Crippen molar-refractivity contribution in [3.05, 3.63) is 62.9 Å². The van der Waals surface area contributed by atoms with Gasteiger partial charge in [-0.25, -0.2) is 4.98 Å². The molecule has 92 valence electrons. The highest BCUT2D eigenvalue weighted by molar-refractivity contribution is 9.10. The zero-order valence-corrected chi connectivity index (χ0v) is 10.9. The molecule has 0 bridgehead atoms. The van der Waals surface area contributed by atoms with Crippen molar-refractivity contribution in [2.75, 3.05) is 5.32 Å². The normalized spacial score (nSPS) is 10.1. The number of pyridine rings is 1. The van der Waals surface area contributed by atoms with E-state index in [1.165, 1.54) is 6.07 Å². The van der Waals surface area contributed by atoms with Crippen LogP contribution in [0.5, 0.6) is 0 Å². The Morgan fingerprint density at radius 1 is 1.28 bits per heavy atom. The number of anilines is 1. The van der Waals surface area contributed by atoms with Crippen molar-refractivity contribution in [1.82, 2.24) is 4.98 Å². The Hall–Kier alpha value is -1.95. The number of nitro groups is 1. The summed E-state index contributed by atoms with van der Waals surface area (Å²) in [6.45, 7) is 0.376. The Kier molecular flexibility index (Phi) is 3.88. The van der Waals surface area contributed by atoms with Gasteiger partial charge in [-0.1, -0.05) is 18.2 Å². The van der Waals surface area contributed by atoms with E-state index >= 15 is 0 Å². The second-order valence-electron chi connectivity index (χ2n) is 3.58. The lowest BCUT2D eigenvalue weighted by Gasteiger charge is -2.07. The van der Waals surface area contributed by atoms with Crippen molar-refractivity contribution in [2.24, 2.45) is 0 Å². The number of rotatable bonds is 4. The molecule has 1 N–H and O–H groups in total. The minimum absolute atomic E-state index is 0.116. The highest BCUT2D eigenvalue weighted by atomic mass is 79.9. The lowest BCUT2D eigenvalue weighted by atomic mass is 10.2. The summed E-state index contributed by atoms with van der Waals surface area (Å²) in [6.07, 6.45) is 1.67. The van der Waals surface area contributed by atoms with Crippen molar-refractivity contribution < 1.29 is 4.92 Å². The molecule has 0 unspecified atom stereocenters. The second kappa shape index (κ2) is 5.59. The summed E-state index contributed by atoms with van der Waals surface area (Å²) in [7, 11) is 0. The third-order valence-corrected chi connectivity index (χ3v) is 3.05. The highest BCUT2D eigenvalue weighted by Crippen LogP contribution is 2.22. The molecule has 0 saturated heterocycles. The molecule has 0 fully saturated rings. The van der Waals surface area contributed by atoms with Crippen LogP contribution in [0.4, 0.5) is 11.4 Å². The number of nitrogens with one attached hydrogen (secondary N) is 1. The zero-order valence-electron chi connectivity index (χ0n) is 9.34. The standard InChI is InChI=1S/C12H10BrN3O2/c13-12-10(5-3-7-14-12)15-8-9-4-1-2-6-11(9)16(17)18/h1-7,15H,8H2. The van der Waals surface area contributed by atoms with Crippen molar-refractivity contribution in [1.29, 1.82) is 0 Å². The van der Waals surface area contributed by atoms with E-state index in [9.17, 15) is 10.1 Å². The first-order valence-electron chi connectivity index (χ1n) is 5.25. The van der Waals surface area contributed by atoms with Crippen molar-refractivity contribution in [3.8, 4) is 0 Å². The SMILES string of the molecule is O=[N+]([O-])c1ccccc1CNc1cccnc1Br. The van der Waals surface area contributed by atoms with E-state index < -0.39 is 0 Å². The van der Waals surface area contributed by atoms with Gasteiger partial charge >= 0.3 is 0 Å². The molecule has 0 aliphatic rings. The van der Waals surface area contributed by atoms with Crippen LogP contribution in [-0.4, -0.2) is 9.91 Å². The van der Waals surface area contributed by atoms with E-state index in [2.05, 4.69) is 26.2 Å². The van der Waals surface area contributed by atoms with Gasteiger partial charge in [0.1, 0.15) is 4.60 Å². The maximum absolute atomic E-state index is 10.9. The maximum Gasteiger partial charge on any atom is 0.274 e. The average molecular weight is 308 g/mol. The Morgan fingerprint density at radius 2 is 2.06 bits per heavy atom. The summed E-state index contributed by atoms with van der Waals surface area (Å²) in [5, 5.41) is 14.0. The lowest BCUT2D eigenvalue weighted by molar-refractivity contribution is -0.385. The van der Waals surface area contributed by atoms with Crippen LogP contribution in [0, 0.1) is 10.1 Å². The second-order valence-corrected chi connectivity index (χ2v) is 4.33. The van der Waals surface area contributed by atoms with Gasteiger partial charge in [-0.3, -0.25) is 10.1 Å². The Morgan fingerprint density at radius 3 is 2.78 bits per heavy atom. The predicted octanol–water partition coefficient (Wildman–Crippen LogP) is 3.36. The first kappa shape index (κ1) is 12.5. The molecule has 1 heterocycles. The van der Waals surface area contributed by atoms with Crippen molar-refractivity contribution >= 4 is 27.3 Å². The molecule has 0 atom stereocenters. The van der Waals surface area contributed by atoms with Gasteiger partial charge in [0.2, 0.25) is 0 Å². The van der Waals surface area contributed by atoms with Crippen LogP contribution >= 0.6 is 15.9 Å². The van der Waals surface area contributed by atoms with Crippen molar-refractivity contribution in [3.63, 3.8) is 0 Å². The molecule has 2 rings (SSSR count). The molecular weight excluding hydrogens is 298 g/mol. The largest absolute Gasteiger partial charge is 0.379 e. The monoisotopic (exact) mass is 307 g/mol. The number of aromatic nitrogens is 1. The molecule has 0 radical (unpaired) electrons. The minimum atomic E-state index is -0.380. The molecule has 0 aliphatic carbocycles. The van der Waals surface area contributed by atoms with E-state index in [0.29, 0.717) is 16.7 Å². The summed E-state index contributed by atoms with van der Waals surface area (Å²) in [5.41, 5.74) is 1.55. The summed E-state index contributed by atoms with van der Waals surface area (Å²) >= 11 is 3.31. The third kappa shape index (κ3) is 2.84. The van der Waals surface area contributed by atoms with Crippen LogP contribution < -0.4 is 5.32 Å². The van der Waals surface area contributed by atoms with Crippen molar-refractivity contribution in [2.45, 2.75) is 6.54 Å². The third-order valence-electron chi connectivity index (χ3n) is 2.42. The van der Waals surface area contributed by atoms with Gasteiger partial charge in [-0.05, 0) is 28.1 Å². The number of hydrogen-bond acceptors (Lipinski definition) is 4. The molecule has 5 nitrogen and oxygen atoms in total. The zero-order chi connectivity index (χ0) is 13.0. The number of para-hydroxylation sites is 1. The van der Waals surface area contributed by atoms with E-state index in [1.54, 1.807) is 30.5 Å². The Labute approximate surface area is 112 Å². The number of nitro benzene ring substituents is 1. The highest BCUT2D eigenvalue weighted by Gasteiger charge is 2.12. The summed E-state index contributed by atoms with van der Waals surface area (Å²) in [5.74, 6) is 0. The van der Waals surface area contributed by atoms with E-state index in [1.807, 2.05) is 6.07 Å². The van der Waals surface area contributed by atoms with E-state index in [4.69, 9.17) is 0 Å². The fourth-order valence-electron chi connectivity index (χ4n) is 1.55. The molecule has 0 spiro atoms. The molecule has 6 heteroatoms. The minimum Gasteiger partial charge on any atom is -0.379 e. The topological polar surface area (TPSA) is 68.1 Å². The molecule has 1 aromatic heterocycles. The molecular formula is C12H10BrN3O2. The van der Waals surface area contributed by atoms with Crippen LogP contribution in [-0.2, 0) is 6.54 Å². The molecule has 0 amide bonds. The van der Waals surface area contributed by atoms with E-state index in [0.717, 1.165) is 5.69 Å². The first-order chi connectivity index (χ1) is 8.68. The van der Waals surface area contributed by atoms with Crippen LogP contribution in [0.3, 0.4) is 0 Å². The number of nitrogens with zero attached hydrogens (tertiary/aromatic N) is 2. The number of hydrogen-bond donors (Lipinski definition) is 1. The fourth-order valence-corrected chi connectivity index (χ4v) is 1.94. The Bertz CT molecular complexity index is 575. The molecule has 0 aliphatic heterocycles. The molecule has 2 aromatic rings. The van der Waals surface area contributed by atoms with Gasteiger partial charge in [-0.15, -0.1) is 0 Å². The van der Waals surface area contributed by atoms with Crippen LogP contribution in [0.1, 0.15) is 5.56 Å². The molecule has 18 heavy (non-hydrogen) atoms. The smallest absolute Gasteiger partial charge is 0.274 e. The summed E-state index contributed by atoms with van der Waals surface area (Å²) in [6, 6.07) is 10.3. The van der Waals surface area contributed by atoms with Gasteiger partial charge < -0.3 is 5.32 Å². The predicted molar refractivity (Wildman–Crippen MR) is 72.4 cm³/mol. The van der Waals surface area contributed by atoms with Gasteiger partial charge in [0.25, 0.3) is 5.69 Å². The molecule has 0 saturated carbocycles. The lowest BCUT2D eigenvalue weighted by Crippen LogP contribution is -2.03. The van der Waals surface area contributed by atoms with Crippen LogP contribution in [0.15, 0.2) is 47.2 Å². The van der Waals surface area contributed by atoms with Crippen LogP contribution in [0.25, 0.3) is 0 Å². The quantitative estimate of drug-likeness (QED) is 0.534. The molecule has 1 aromatic carbocycles. The fraction of sp³-hybridized carbons (Fsp3) is 0.0833. The number of halogens is 1. The van der Waals surface area contributed by atoms with Gasteiger partial charge in [0.05, 0.1) is 10.6 Å². The van der Waals surface area contributed by atoms with Gasteiger partial charge in [0, 0.05) is 24.4 Å². The maximum atomic E-state index is 10.9. The van der Waals surface area contributed by atoms with Crippen LogP contribution in [0.2, 0.25) is 0 Å². The Balaban J connectivity index is 2.16. The van der Waals surface area contributed by atoms with E-state index in [-0.39, 0.29) is 10.6 Å². The number of benzene rings is 1. The first-order valence-corrected chi connectivity index (χ1v) is 6.04. The van der Waals surface area contributed by atoms with Gasteiger partial charge in [-0.2, -0.15) is 0 Å². The summed E-state index contributed by atoms with van der Waals surface area (Å²) < 4.78 is 0.684. The van der Waals surface area contributed by atoms with Gasteiger partial charge in [0.15, 0.2) is 0 Å². The summed E-state index contributed by atoms with van der Waals surface area (Å²) in [4.78, 5) is 14.5.